The van der Waals surface area contributed by atoms with Crippen LogP contribution < -0.4 is 5.32 Å². The normalized spacial score (nSPS) is 14.7. The largest absolute Gasteiger partial charge is 0.481 e. The molecule has 1 rings (SSSR count). The fourth-order valence-corrected chi connectivity index (χ4v) is 2.26. The summed E-state index contributed by atoms with van der Waals surface area (Å²) in [5, 5.41) is 12.0. The second kappa shape index (κ2) is 5.56. The van der Waals surface area contributed by atoms with Gasteiger partial charge in [0.1, 0.15) is 10.7 Å². The molecule has 1 unspecified atom stereocenters. The Labute approximate surface area is 112 Å². The Balaban J connectivity index is 2.99. The van der Waals surface area contributed by atoms with E-state index in [-0.39, 0.29) is 17.3 Å². The molecule has 1 aromatic rings. The highest BCUT2D eigenvalue weighted by Crippen LogP contribution is 2.24. The van der Waals surface area contributed by atoms with Crippen molar-refractivity contribution >= 4 is 21.6 Å². The predicted molar refractivity (Wildman–Crippen MR) is 71.9 cm³/mol. The minimum Gasteiger partial charge on any atom is -0.481 e. The summed E-state index contributed by atoms with van der Waals surface area (Å²) >= 11 is 0. The van der Waals surface area contributed by atoms with Crippen molar-refractivity contribution in [3.8, 4) is 0 Å². The van der Waals surface area contributed by atoms with Crippen LogP contribution in [0, 0.1) is 5.41 Å². The lowest BCUT2D eigenvalue weighted by Crippen LogP contribution is -2.34. The van der Waals surface area contributed by atoms with Crippen LogP contribution in [0.2, 0.25) is 0 Å². The van der Waals surface area contributed by atoms with Crippen LogP contribution in [0.5, 0.6) is 0 Å². The van der Waals surface area contributed by atoms with Gasteiger partial charge in [-0.2, -0.15) is 0 Å². The van der Waals surface area contributed by atoms with Crippen LogP contribution in [0.15, 0.2) is 23.2 Å². The summed E-state index contributed by atoms with van der Waals surface area (Å²) in [5.41, 5.74) is -0.966. The molecule has 0 saturated carbocycles. The maximum Gasteiger partial charge on any atom is 0.311 e. The van der Waals surface area contributed by atoms with Gasteiger partial charge in [0.25, 0.3) is 0 Å². The van der Waals surface area contributed by atoms with Gasteiger partial charge in [-0.3, -0.25) is 4.79 Å². The lowest BCUT2D eigenvalue weighted by Gasteiger charge is -2.24. The highest BCUT2D eigenvalue weighted by atomic mass is 32.2. The van der Waals surface area contributed by atoms with Gasteiger partial charge in [-0.25, -0.2) is 13.4 Å². The molecule has 6 nitrogen and oxygen atoms in total. The van der Waals surface area contributed by atoms with Crippen LogP contribution in [-0.2, 0) is 14.6 Å². The molecule has 1 atom stereocenters. The molecule has 0 aliphatic carbocycles. The van der Waals surface area contributed by atoms with E-state index in [1.807, 2.05) is 0 Å². The zero-order chi connectivity index (χ0) is 14.7. The summed E-state index contributed by atoms with van der Waals surface area (Å²) in [6.07, 6.45) is 2.98. The number of carbonyl (C=O) groups is 1. The minimum absolute atomic E-state index is 0.0684. The number of nitrogens with one attached hydrogen (secondary N) is 1. The molecule has 106 valence electrons. The van der Waals surface area contributed by atoms with Crippen molar-refractivity contribution in [2.24, 2.45) is 5.41 Å². The zero-order valence-corrected chi connectivity index (χ0v) is 12.0. The minimum atomic E-state index is -3.40. The van der Waals surface area contributed by atoms with E-state index in [4.69, 9.17) is 5.11 Å². The van der Waals surface area contributed by atoms with Crippen molar-refractivity contribution in [3.05, 3.63) is 18.3 Å². The first kappa shape index (κ1) is 15.4. The SMILES string of the molecule is CCC(C)(CNc1ncccc1S(C)(=O)=O)C(=O)O. The van der Waals surface area contributed by atoms with Crippen LogP contribution >= 0.6 is 0 Å². The number of hydrogen-bond donors (Lipinski definition) is 2. The van der Waals surface area contributed by atoms with Gasteiger partial charge in [0.05, 0.1) is 5.41 Å². The van der Waals surface area contributed by atoms with Crippen molar-refractivity contribution in [3.63, 3.8) is 0 Å². The number of pyridine rings is 1. The average Bonchev–Trinajstić information content (AvgIpc) is 2.35. The van der Waals surface area contributed by atoms with Crippen LogP contribution in [0.3, 0.4) is 0 Å². The molecule has 7 heteroatoms. The number of hydrogen-bond acceptors (Lipinski definition) is 5. The molecule has 0 radical (unpaired) electrons. The van der Waals surface area contributed by atoms with Crippen molar-refractivity contribution in [2.75, 3.05) is 18.1 Å². The number of nitrogens with zero attached hydrogens (tertiary/aromatic N) is 1. The molecule has 0 saturated heterocycles. The average molecular weight is 286 g/mol. The molecule has 0 aromatic carbocycles. The highest BCUT2D eigenvalue weighted by Gasteiger charge is 2.31. The van der Waals surface area contributed by atoms with E-state index in [2.05, 4.69) is 10.3 Å². The lowest BCUT2D eigenvalue weighted by molar-refractivity contribution is -0.147. The van der Waals surface area contributed by atoms with Gasteiger partial charge in [0.15, 0.2) is 9.84 Å². The quantitative estimate of drug-likeness (QED) is 0.820. The molecule has 19 heavy (non-hydrogen) atoms. The lowest BCUT2D eigenvalue weighted by atomic mass is 9.88. The standard InChI is InChI=1S/C12H18N2O4S/c1-4-12(2,11(15)16)8-14-10-9(19(3,17)18)6-5-7-13-10/h5-7H,4,8H2,1-3H3,(H,13,14)(H,15,16). The Morgan fingerprint density at radius 1 is 1.53 bits per heavy atom. The molecule has 0 aliphatic heterocycles. The van der Waals surface area contributed by atoms with Gasteiger partial charge in [-0.1, -0.05) is 6.92 Å². The molecular weight excluding hydrogens is 268 g/mol. The number of sulfone groups is 1. The Morgan fingerprint density at radius 2 is 2.16 bits per heavy atom. The third-order valence-electron chi connectivity index (χ3n) is 3.11. The summed E-state index contributed by atoms with van der Waals surface area (Å²) < 4.78 is 23.2. The van der Waals surface area contributed by atoms with Crippen LogP contribution in [0.4, 0.5) is 5.82 Å². The monoisotopic (exact) mass is 286 g/mol. The number of aliphatic carboxylic acids is 1. The molecule has 1 heterocycles. The number of carboxylic acids is 1. The summed E-state index contributed by atoms with van der Waals surface area (Å²) in [6.45, 7) is 3.48. The van der Waals surface area contributed by atoms with Gasteiger partial charge < -0.3 is 10.4 Å². The molecule has 0 bridgehead atoms. The maximum absolute atomic E-state index is 11.6. The van der Waals surface area contributed by atoms with Crippen LogP contribution in [0.1, 0.15) is 20.3 Å². The van der Waals surface area contributed by atoms with E-state index in [0.29, 0.717) is 6.42 Å². The number of carboxylic acid groups (broad SMARTS) is 1. The molecule has 0 aliphatic rings. The van der Waals surface area contributed by atoms with E-state index in [0.717, 1.165) is 6.26 Å². The topological polar surface area (TPSA) is 96.4 Å². The molecule has 0 spiro atoms. The smallest absolute Gasteiger partial charge is 0.311 e. The second-order valence-electron chi connectivity index (χ2n) is 4.70. The first-order valence-corrected chi connectivity index (χ1v) is 7.72. The molecule has 0 fully saturated rings. The van der Waals surface area contributed by atoms with E-state index >= 15 is 0 Å². The summed E-state index contributed by atoms with van der Waals surface area (Å²) in [5.74, 6) is -0.745. The maximum atomic E-state index is 11.6. The summed E-state index contributed by atoms with van der Waals surface area (Å²) in [4.78, 5) is 15.2. The summed E-state index contributed by atoms with van der Waals surface area (Å²) in [7, 11) is -3.40. The molecule has 1 aromatic heterocycles. The van der Waals surface area contributed by atoms with Crippen molar-refractivity contribution < 1.29 is 18.3 Å². The van der Waals surface area contributed by atoms with Gasteiger partial charge in [0.2, 0.25) is 0 Å². The van der Waals surface area contributed by atoms with Crippen molar-refractivity contribution in [1.82, 2.24) is 4.98 Å². The van der Waals surface area contributed by atoms with Gasteiger partial charge in [-0.15, -0.1) is 0 Å². The summed E-state index contributed by atoms with van der Waals surface area (Å²) in [6, 6.07) is 2.96. The van der Waals surface area contributed by atoms with Crippen LogP contribution in [0.25, 0.3) is 0 Å². The first-order valence-electron chi connectivity index (χ1n) is 5.83. The Bertz CT molecular complexity index is 571. The van der Waals surface area contributed by atoms with Crippen molar-refractivity contribution in [2.45, 2.75) is 25.2 Å². The third kappa shape index (κ3) is 3.66. The highest BCUT2D eigenvalue weighted by molar-refractivity contribution is 7.90. The van der Waals surface area contributed by atoms with E-state index < -0.39 is 21.2 Å². The fourth-order valence-electron chi connectivity index (χ4n) is 1.45. The molecular formula is C12H18N2O4S. The number of rotatable bonds is 6. The molecule has 0 amide bonds. The van der Waals surface area contributed by atoms with E-state index in [1.165, 1.54) is 18.3 Å². The van der Waals surface area contributed by atoms with Crippen LogP contribution in [-0.4, -0.2) is 37.3 Å². The third-order valence-corrected chi connectivity index (χ3v) is 4.24. The van der Waals surface area contributed by atoms with Gasteiger partial charge in [0, 0.05) is 19.0 Å². The van der Waals surface area contributed by atoms with Crippen molar-refractivity contribution in [1.29, 1.82) is 0 Å². The Morgan fingerprint density at radius 3 is 2.63 bits per heavy atom. The van der Waals surface area contributed by atoms with E-state index in [9.17, 15) is 13.2 Å². The Hall–Kier alpha value is -1.63. The first-order chi connectivity index (χ1) is 8.70. The number of aromatic nitrogens is 1. The van der Waals surface area contributed by atoms with Gasteiger partial charge in [-0.05, 0) is 25.5 Å². The fraction of sp³-hybridized carbons (Fsp3) is 0.500. The second-order valence-corrected chi connectivity index (χ2v) is 6.68. The van der Waals surface area contributed by atoms with Gasteiger partial charge >= 0.3 is 5.97 Å². The van der Waals surface area contributed by atoms with E-state index in [1.54, 1.807) is 13.8 Å². The Kier molecular flexibility index (Phi) is 4.52. The predicted octanol–water partition coefficient (Wildman–Crippen LogP) is 1.40. The zero-order valence-electron chi connectivity index (χ0n) is 11.2. The number of anilines is 1. The molecule has 2 N–H and O–H groups in total.